The number of pyridine rings is 1. The number of nitrogens with zero attached hydrogens (tertiary/aromatic N) is 1. The zero-order valence-corrected chi connectivity index (χ0v) is 16.9. The summed E-state index contributed by atoms with van der Waals surface area (Å²) in [6.45, 7) is 5.04. The van der Waals surface area contributed by atoms with Crippen LogP contribution in [0.25, 0.3) is 0 Å². The van der Waals surface area contributed by atoms with Gasteiger partial charge in [-0.2, -0.15) is 0 Å². The molecule has 0 aliphatic rings. The minimum absolute atomic E-state index is 0.168. The van der Waals surface area contributed by atoms with Gasteiger partial charge >= 0.3 is 0 Å². The number of carbonyl (C=O) groups excluding carboxylic acids is 1. The lowest BCUT2D eigenvalue weighted by Gasteiger charge is -2.12. The quantitative estimate of drug-likeness (QED) is 0.555. The summed E-state index contributed by atoms with van der Waals surface area (Å²) in [5.74, 6) is 2.01. The SMILES string of the molecule is COc1ccc(OCCNc2cc(C(=O)Nc3cccc(C)c3C)ccn2)cc1. The number of benzene rings is 2. The highest BCUT2D eigenvalue weighted by atomic mass is 16.5. The number of aromatic nitrogens is 1. The Morgan fingerprint density at radius 3 is 2.55 bits per heavy atom. The van der Waals surface area contributed by atoms with Crippen molar-refractivity contribution < 1.29 is 14.3 Å². The molecule has 1 amide bonds. The third-order valence-electron chi connectivity index (χ3n) is 4.61. The Bertz CT molecular complexity index is 971. The second kappa shape index (κ2) is 9.59. The standard InChI is InChI=1S/C23H25N3O3/c1-16-5-4-6-21(17(16)2)26-23(27)18-11-12-24-22(15-18)25-13-14-29-20-9-7-19(28-3)8-10-20/h4-12,15H,13-14H2,1-3H3,(H,24,25)(H,26,27). The van der Waals surface area contributed by atoms with E-state index in [1.807, 2.05) is 56.3 Å². The third-order valence-corrected chi connectivity index (χ3v) is 4.61. The van der Waals surface area contributed by atoms with Crippen molar-refractivity contribution in [2.45, 2.75) is 13.8 Å². The van der Waals surface area contributed by atoms with Crippen molar-refractivity contribution in [3.05, 3.63) is 77.5 Å². The van der Waals surface area contributed by atoms with Gasteiger partial charge < -0.3 is 20.1 Å². The molecule has 0 unspecified atom stereocenters. The van der Waals surface area contributed by atoms with Crippen LogP contribution in [0.2, 0.25) is 0 Å². The van der Waals surface area contributed by atoms with Crippen molar-refractivity contribution in [3.8, 4) is 11.5 Å². The number of methoxy groups -OCH3 is 1. The van der Waals surface area contributed by atoms with Crippen molar-refractivity contribution in [1.82, 2.24) is 4.98 Å². The van der Waals surface area contributed by atoms with Crippen LogP contribution in [-0.4, -0.2) is 31.2 Å². The van der Waals surface area contributed by atoms with E-state index in [9.17, 15) is 4.79 Å². The first-order valence-electron chi connectivity index (χ1n) is 9.41. The van der Waals surface area contributed by atoms with E-state index in [0.717, 1.165) is 28.3 Å². The Kier molecular flexibility index (Phi) is 6.68. The van der Waals surface area contributed by atoms with E-state index >= 15 is 0 Å². The van der Waals surface area contributed by atoms with E-state index in [-0.39, 0.29) is 5.91 Å². The lowest BCUT2D eigenvalue weighted by atomic mass is 10.1. The normalized spacial score (nSPS) is 10.3. The smallest absolute Gasteiger partial charge is 0.255 e. The molecule has 6 heteroatoms. The number of amides is 1. The molecular weight excluding hydrogens is 366 g/mol. The molecule has 2 N–H and O–H groups in total. The summed E-state index contributed by atoms with van der Waals surface area (Å²) in [7, 11) is 1.63. The van der Waals surface area contributed by atoms with Crippen molar-refractivity contribution in [2.24, 2.45) is 0 Å². The highest BCUT2D eigenvalue weighted by Crippen LogP contribution is 2.19. The van der Waals surface area contributed by atoms with E-state index in [2.05, 4.69) is 15.6 Å². The van der Waals surface area contributed by atoms with Crippen molar-refractivity contribution in [1.29, 1.82) is 0 Å². The van der Waals surface area contributed by atoms with Gasteiger partial charge in [0.2, 0.25) is 0 Å². The molecule has 0 aliphatic heterocycles. The van der Waals surface area contributed by atoms with Crippen LogP contribution in [0.4, 0.5) is 11.5 Å². The van der Waals surface area contributed by atoms with E-state index < -0.39 is 0 Å². The Hall–Kier alpha value is -3.54. The molecule has 2 aromatic carbocycles. The summed E-state index contributed by atoms with van der Waals surface area (Å²) in [4.78, 5) is 16.9. The average Bonchev–Trinajstić information content (AvgIpc) is 2.75. The zero-order valence-electron chi connectivity index (χ0n) is 16.9. The molecule has 3 aromatic rings. The number of hydrogen-bond acceptors (Lipinski definition) is 5. The fourth-order valence-electron chi connectivity index (χ4n) is 2.77. The first-order valence-corrected chi connectivity index (χ1v) is 9.41. The summed E-state index contributed by atoms with van der Waals surface area (Å²) in [6.07, 6.45) is 1.62. The van der Waals surface area contributed by atoms with Gasteiger partial charge in [-0.3, -0.25) is 4.79 Å². The molecule has 29 heavy (non-hydrogen) atoms. The number of carbonyl (C=O) groups is 1. The molecule has 150 valence electrons. The molecule has 1 heterocycles. The van der Waals surface area contributed by atoms with Gasteiger partial charge in [-0.1, -0.05) is 12.1 Å². The highest BCUT2D eigenvalue weighted by Gasteiger charge is 2.09. The second-order valence-electron chi connectivity index (χ2n) is 6.58. The maximum atomic E-state index is 12.6. The summed E-state index contributed by atoms with van der Waals surface area (Å²) >= 11 is 0. The number of hydrogen-bond donors (Lipinski definition) is 2. The highest BCUT2D eigenvalue weighted by molar-refractivity contribution is 6.05. The molecule has 0 spiro atoms. The maximum absolute atomic E-state index is 12.6. The van der Waals surface area contributed by atoms with E-state index in [1.165, 1.54) is 0 Å². The van der Waals surface area contributed by atoms with E-state index in [4.69, 9.17) is 9.47 Å². The van der Waals surface area contributed by atoms with Crippen LogP contribution in [0.15, 0.2) is 60.8 Å². The topological polar surface area (TPSA) is 72.5 Å². The maximum Gasteiger partial charge on any atom is 0.255 e. The van der Waals surface area contributed by atoms with Crippen LogP contribution in [0.1, 0.15) is 21.5 Å². The molecular formula is C23H25N3O3. The molecule has 0 bridgehead atoms. The van der Waals surface area contributed by atoms with Crippen LogP contribution in [0.5, 0.6) is 11.5 Å². The lowest BCUT2D eigenvalue weighted by Crippen LogP contribution is -2.15. The fraction of sp³-hybridized carbons (Fsp3) is 0.217. The number of anilines is 2. The molecule has 6 nitrogen and oxygen atoms in total. The van der Waals surface area contributed by atoms with Crippen LogP contribution in [0, 0.1) is 13.8 Å². The monoisotopic (exact) mass is 391 g/mol. The second-order valence-corrected chi connectivity index (χ2v) is 6.58. The number of nitrogens with one attached hydrogen (secondary N) is 2. The van der Waals surface area contributed by atoms with Crippen LogP contribution < -0.4 is 20.1 Å². The first kappa shape index (κ1) is 20.2. The van der Waals surface area contributed by atoms with E-state index in [1.54, 1.807) is 25.4 Å². The van der Waals surface area contributed by atoms with Gasteiger partial charge in [-0.25, -0.2) is 4.98 Å². The van der Waals surface area contributed by atoms with Crippen LogP contribution >= 0.6 is 0 Å². The number of aryl methyl sites for hydroxylation is 1. The lowest BCUT2D eigenvalue weighted by molar-refractivity contribution is 0.102. The summed E-state index contributed by atoms with van der Waals surface area (Å²) in [5.41, 5.74) is 3.55. The van der Waals surface area contributed by atoms with Gasteiger partial charge in [-0.05, 0) is 67.4 Å². The molecule has 0 saturated carbocycles. The minimum atomic E-state index is -0.168. The molecule has 0 radical (unpaired) electrons. The Morgan fingerprint density at radius 1 is 1.03 bits per heavy atom. The van der Waals surface area contributed by atoms with Gasteiger partial charge in [0.25, 0.3) is 5.91 Å². The van der Waals surface area contributed by atoms with E-state index in [0.29, 0.717) is 24.5 Å². The van der Waals surface area contributed by atoms with Gasteiger partial charge in [0.05, 0.1) is 13.7 Å². The van der Waals surface area contributed by atoms with Gasteiger partial charge in [-0.15, -0.1) is 0 Å². The molecule has 0 aliphatic carbocycles. The Labute approximate surface area is 170 Å². The van der Waals surface area contributed by atoms with Gasteiger partial charge in [0, 0.05) is 17.4 Å². The van der Waals surface area contributed by atoms with Crippen LogP contribution in [-0.2, 0) is 0 Å². The summed E-state index contributed by atoms with van der Waals surface area (Å²) in [5, 5.41) is 6.14. The third kappa shape index (κ3) is 5.48. The molecule has 0 fully saturated rings. The predicted molar refractivity (Wildman–Crippen MR) is 115 cm³/mol. The summed E-state index contributed by atoms with van der Waals surface area (Å²) < 4.78 is 10.8. The number of ether oxygens (including phenoxy) is 2. The fourth-order valence-corrected chi connectivity index (χ4v) is 2.77. The van der Waals surface area contributed by atoms with Gasteiger partial charge in [0.15, 0.2) is 0 Å². The number of rotatable bonds is 8. The van der Waals surface area contributed by atoms with Crippen LogP contribution in [0.3, 0.4) is 0 Å². The Balaban J connectivity index is 1.53. The molecule has 0 saturated heterocycles. The Morgan fingerprint density at radius 2 is 1.79 bits per heavy atom. The zero-order chi connectivity index (χ0) is 20.6. The van der Waals surface area contributed by atoms with Crippen molar-refractivity contribution >= 4 is 17.4 Å². The summed E-state index contributed by atoms with van der Waals surface area (Å²) in [6, 6.07) is 16.7. The molecule has 1 aromatic heterocycles. The largest absolute Gasteiger partial charge is 0.497 e. The minimum Gasteiger partial charge on any atom is -0.497 e. The molecule has 0 atom stereocenters. The van der Waals surface area contributed by atoms with Crippen molar-refractivity contribution in [2.75, 3.05) is 30.9 Å². The first-order chi connectivity index (χ1) is 14.1. The van der Waals surface area contributed by atoms with Crippen molar-refractivity contribution in [3.63, 3.8) is 0 Å². The molecule has 3 rings (SSSR count). The average molecular weight is 391 g/mol. The van der Waals surface area contributed by atoms with Gasteiger partial charge in [0.1, 0.15) is 23.9 Å². The predicted octanol–water partition coefficient (Wildman–Crippen LogP) is 4.45.